The summed E-state index contributed by atoms with van der Waals surface area (Å²) in [5.41, 5.74) is 3.84. The highest BCUT2D eigenvalue weighted by molar-refractivity contribution is 6.07. The number of nitrogens with one attached hydrogen (secondary N) is 3. The van der Waals surface area contributed by atoms with Gasteiger partial charge in [-0.1, -0.05) is 0 Å². The largest absolute Gasteiger partial charge is 0.354 e. The van der Waals surface area contributed by atoms with Gasteiger partial charge in [0.25, 0.3) is 5.91 Å². The molecule has 0 bridgehead atoms. The summed E-state index contributed by atoms with van der Waals surface area (Å²) in [5, 5.41) is 9.73. The standard InChI is InChI=1S/C18H19N5O2/c1-9-15(11(3)24)10(2)19-16(9)18(25)21-14-7-5-13(6-8-14)17-20-12(4)22-23-17/h5-8,19H,1-4H3,(H,21,25)(H,20,22,23). The SMILES string of the molecule is CC(=O)c1c(C)[nH]c(C(=O)Nc2ccc(-c3n[nH]c(C)n3)cc2)c1C. The molecule has 2 heterocycles. The number of carbonyl (C=O) groups excluding carboxylic acids is 2. The van der Waals surface area contributed by atoms with Crippen molar-refractivity contribution in [2.24, 2.45) is 0 Å². The molecule has 0 saturated heterocycles. The van der Waals surface area contributed by atoms with Crippen molar-refractivity contribution in [3.05, 3.63) is 52.6 Å². The summed E-state index contributed by atoms with van der Waals surface area (Å²) in [6.07, 6.45) is 0. The van der Waals surface area contributed by atoms with E-state index in [9.17, 15) is 9.59 Å². The second kappa shape index (κ2) is 6.35. The van der Waals surface area contributed by atoms with Crippen LogP contribution in [0.25, 0.3) is 11.4 Å². The first kappa shape index (κ1) is 16.6. The van der Waals surface area contributed by atoms with E-state index in [-0.39, 0.29) is 11.7 Å². The molecule has 0 radical (unpaired) electrons. The van der Waals surface area contributed by atoms with Gasteiger partial charge < -0.3 is 10.3 Å². The van der Waals surface area contributed by atoms with Gasteiger partial charge in [0, 0.05) is 22.5 Å². The van der Waals surface area contributed by atoms with Gasteiger partial charge in [0.05, 0.1) is 0 Å². The number of carbonyl (C=O) groups is 2. The van der Waals surface area contributed by atoms with Crippen LogP contribution in [0.3, 0.4) is 0 Å². The van der Waals surface area contributed by atoms with Crippen LogP contribution in [0.15, 0.2) is 24.3 Å². The fourth-order valence-corrected chi connectivity index (χ4v) is 2.87. The molecule has 128 valence electrons. The zero-order valence-electron chi connectivity index (χ0n) is 14.5. The monoisotopic (exact) mass is 337 g/mol. The number of benzene rings is 1. The number of nitrogens with zero attached hydrogens (tertiary/aromatic N) is 2. The fourth-order valence-electron chi connectivity index (χ4n) is 2.87. The molecule has 0 aliphatic heterocycles. The van der Waals surface area contributed by atoms with E-state index >= 15 is 0 Å². The van der Waals surface area contributed by atoms with Crippen LogP contribution >= 0.6 is 0 Å². The van der Waals surface area contributed by atoms with Crippen LogP contribution in [0.1, 0.15) is 44.9 Å². The predicted molar refractivity (Wildman–Crippen MR) is 94.8 cm³/mol. The Hall–Kier alpha value is -3.22. The number of rotatable bonds is 4. The van der Waals surface area contributed by atoms with Crippen molar-refractivity contribution >= 4 is 17.4 Å². The number of anilines is 1. The van der Waals surface area contributed by atoms with E-state index in [1.165, 1.54) is 6.92 Å². The average Bonchev–Trinajstić information content (AvgIpc) is 3.11. The second-order valence-electron chi connectivity index (χ2n) is 5.96. The molecule has 0 atom stereocenters. The van der Waals surface area contributed by atoms with Crippen LogP contribution in [0.4, 0.5) is 5.69 Å². The minimum absolute atomic E-state index is 0.0588. The van der Waals surface area contributed by atoms with Crippen molar-refractivity contribution in [1.82, 2.24) is 20.2 Å². The smallest absolute Gasteiger partial charge is 0.272 e. The summed E-state index contributed by atoms with van der Waals surface area (Å²) in [5.74, 6) is 1.01. The summed E-state index contributed by atoms with van der Waals surface area (Å²) < 4.78 is 0. The maximum Gasteiger partial charge on any atom is 0.272 e. The quantitative estimate of drug-likeness (QED) is 0.636. The minimum atomic E-state index is -0.283. The van der Waals surface area contributed by atoms with E-state index in [2.05, 4.69) is 25.5 Å². The van der Waals surface area contributed by atoms with Crippen LogP contribution in [0.2, 0.25) is 0 Å². The van der Waals surface area contributed by atoms with E-state index in [1.54, 1.807) is 26.0 Å². The highest BCUT2D eigenvalue weighted by Gasteiger charge is 2.19. The van der Waals surface area contributed by atoms with Gasteiger partial charge >= 0.3 is 0 Å². The molecule has 0 saturated carbocycles. The molecule has 3 N–H and O–H groups in total. The molecule has 25 heavy (non-hydrogen) atoms. The van der Waals surface area contributed by atoms with Gasteiger partial charge in [0.1, 0.15) is 11.5 Å². The molecule has 1 amide bonds. The molecule has 7 heteroatoms. The van der Waals surface area contributed by atoms with Gasteiger partial charge in [-0.05, 0) is 57.5 Å². The third-order valence-electron chi connectivity index (χ3n) is 4.01. The Morgan fingerprint density at radius 3 is 2.28 bits per heavy atom. The van der Waals surface area contributed by atoms with E-state index in [1.807, 2.05) is 19.1 Å². The summed E-state index contributed by atoms with van der Waals surface area (Å²) >= 11 is 0. The van der Waals surface area contributed by atoms with Crippen LogP contribution < -0.4 is 5.32 Å². The van der Waals surface area contributed by atoms with Crippen molar-refractivity contribution in [1.29, 1.82) is 0 Å². The first-order valence-electron chi connectivity index (χ1n) is 7.87. The number of aromatic amines is 2. The number of ketones is 1. The van der Waals surface area contributed by atoms with Crippen LogP contribution in [0, 0.1) is 20.8 Å². The van der Waals surface area contributed by atoms with Gasteiger partial charge in [0.15, 0.2) is 11.6 Å². The summed E-state index contributed by atoms with van der Waals surface area (Å²) in [4.78, 5) is 31.5. The lowest BCUT2D eigenvalue weighted by atomic mass is 10.1. The number of amides is 1. The lowest BCUT2D eigenvalue weighted by Crippen LogP contribution is -2.13. The minimum Gasteiger partial charge on any atom is -0.354 e. The Labute approximate surface area is 144 Å². The van der Waals surface area contributed by atoms with E-state index < -0.39 is 0 Å². The molecule has 3 rings (SSSR count). The lowest BCUT2D eigenvalue weighted by Gasteiger charge is -2.05. The molecule has 0 spiro atoms. The van der Waals surface area contributed by atoms with Gasteiger partial charge in [-0.15, -0.1) is 0 Å². The number of Topliss-reactive ketones (excluding diaryl/α,β-unsaturated/α-hetero) is 1. The first-order valence-corrected chi connectivity index (χ1v) is 7.87. The molecule has 0 aliphatic carbocycles. The number of aryl methyl sites for hydroxylation is 2. The predicted octanol–water partition coefficient (Wildman–Crippen LogP) is 3.18. The van der Waals surface area contributed by atoms with E-state index in [0.717, 1.165) is 11.4 Å². The third-order valence-corrected chi connectivity index (χ3v) is 4.01. The van der Waals surface area contributed by atoms with Crippen molar-refractivity contribution < 1.29 is 9.59 Å². The molecule has 3 aromatic rings. The molecule has 0 unspecified atom stereocenters. The number of H-pyrrole nitrogens is 2. The van der Waals surface area contributed by atoms with Gasteiger partial charge in [0.2, 0.25) is 0 Å². The number of hydrogen-bond acceptors (Lipinski definition) is 4. The third kappa shape index (κ3) is 3.21. The van der Waals surface area contributed by atoms with Gasteiger partial charge in [-0.25, -0.2) is 4.98 Å². The van der Waals surface area contributed by atoms with Crippen molar-refractivity contribution in [3.8, 4) is 11.4 Å². The highest BCUT2D eigenvalue weighted by Crippen LogP contribution is 2.21. The first-order chi connectivity index (χ1) is 11.9. The lowest BCUT2D eigenvalue weighted by molar-refractivity contribution is 0.101. The van der Waals surface area contributed by atoms with Crippen LogP contribution in [-0.4, -0.2) is 31.9 Å². The van der Waals surface area contributed by atoms with Crippen LogP contribution in [0.5, 0.6) is 0 Å². The van der Waals surface area contributed by atoms with Gasteiger partial charge in [-0.2, -0.15) is 5.10 Å². The summed E-state index contributed by atoms with van der Waals surface area (Å²) in [7, 11) is 0. The maximum atomic E-state index is 12.5. The van der Waals surface area contributed by atoms with E-state index in [4.69, 9.17) is 0 Å². The van der Waals surface area contributed by atoms with Crippen molar-refractivity contribution in [3.63, 3.8) is 0 Å². The van der Waals surface area contributed by atoms with Crippen LogP contribution in [-0.2, 0) is 0 Å². The summed E-state index contributed by atoms with van der Waals surface area (Å²) in [6.45, 7) is 6.88. The molecular formula is C18H19N5O2. The Morgan fingerprint density at radius 1 is 1.08 bits per heavy atom. The second-order valence-corrected chi connectivity index (χ2v) is 5.96. The Balaban J connectivity index is 1.80. The molecular weight excluding hydrogens is 318 g/mol. The molecule has 7 nitrogen and oxygen atoms in total. The Kier molecular flexibility index (Phi) is 4.22. The topological polar surface area (TPSA) is 104 Å². The van der Waals surface area contributed by atoms with Gasteiger partial charge in [-0.3, -0.25) is 14.7 Å². The molecule has 1 aromatic carbocycles. The highest BCUT2D eigenvalue weighted by atomic mass is 16.2. The van der Waals surface area contributed by atoms with Crippen molar-refractivity contribution in [2.45, 2.75) is 27.7 Å². The Bertz CT molecular complexity index is 951. The normalized spacial score (nSPS) is 10.7. The number of hydrogen-bond donors (Lipinski definition) is 3. The summed E-state index contributed by atoms with van der Waals surface area (Å²) in [6, 6.07) is 7.25. The molecule has 0 aliphatic rings. The fraction of sp³-hybridized carbons (Fsp3) is 0.222. The molecule has 0 fully saturated rings. The zero-order chi connectivity index (χ0) is 18.1. The molecule has 2 aromatic heterocycles. The maximum absolute atomic E-state index is 12.5. The Morgan fingerprint density at radius 2 is 1.76 bits per heavy atom. The number of aromatic nitrogens is 4. The van der Waals surface area contributed by atoms with Crippen molar-refractivity contribution in [2.75, 3.05) is 5.32 Å². The average molecular weight is 337 g/mol. The van der Waals surface area contributed by atoms with E-state index in [0.29, 0.717) is 34.0 Å². The zero-order valence-corrected chi connectivity index (χ0v) is 14.5.